The molecule has 4 nitrogen and oxygen atoms in total. The molecule has 0 amide bonds. The normalized spacial score (nSPS) is 10.9. The quantitative estimate of drug-likeness (QED) is 0.835. The summed E-state index contributed by atoms with van der Waals surface area (Å²) in [7, 11) is 0. The number of nitrogens with zero attached hydrogens (tertiary/aromatic N) is 2. The molecule has 2 rings (SSSR count). The minimum atomic E-state index is 0.597. The Hall–Kier alpha value is -1.36. The molecule has 0 fully saturated rings. The summed E-state index contributed by atoms with van der Waals surface area (Å²) in [5, 5.41) is 0. The Kier molecular flexibility index (Phi) is 2.96. The monoisotopic (exact) mass is 237 g/mol. The predicted octanol–water partition coefficient (Wildman–Crippen LogP) is 2.76. The van der Waals surface area contributed by atoms with Gasteiger partial charge in [-0.25, -0.2) is 4.98 Å². The summed E-state index contributed by atoms with van der Waals surface area (Å²) in [6.07, 6.45) is 2.87. The molecular weight excluding hydrogens is 222 g/mol. The van der Waals surface area contributed by atoms with Crippen LogP contribution < -0.4 is 0 Å². The highest BCUT2D eigenvalue weighted by molar-refractivity contribution is 7.71. The van der Waals surface area contributed by atoms with E-state index in [0.29, 0.717) is 17.2 Å². The summed E-state index contributed by atoms with van der Waals surface area (Å²) in [6, 6.07) is 0. The van der Waals surface area contributed by atoms with Gasteiger partial charge in [-0.1, -0.05) is 6.92 Å². The van der Waals surface area contributed by atoms with Gasteiger partial charge in [-0.2, -0.15) is 0 Å². The van der Waals surface area contributed by atoms with Crippen LogP contribution in [0, 0.1) is 18.6 Å². The predicted molar refractivity (Wildman–Crippen MR) is 64.1 cm³/mol. The maximum Gasteiger partial charge on any atom is 0.214 e. The number of nitrogens with one attached hydrogen (secondary N) is 1. The molecule has 0 atom stereocenters. The molecular formula is C11H15N3OS. The molecule has 0 aliphatic heterocycles. The summed E-state index contributed by atoms with van der Waals surface area (Å²) >= 11 is 5.22. The van der Waals surface area contributed by atoms with Gasteiger partial charge in [0.2, 0.25) is 5.89 Å². The first-order valence-electron chi connectivity index (χ1n) is 5.31. The second kappa shape index (κ2) is 4.25. The molecule has 0 aromatic carbocycles. The second-order valence-corrected chi connectivity index (χ2v) is 4.16. The highest BCUT2D eigenvalue weighted by atomic mass is 32.1. The lowest BCUT2D eigenvalue weighted by Crippen LogP contribution is -2.04. The van der Waals surface area contributed by atoms with Gasteiger partial charge >= 0.3 is 0 Å². The lowest BCUT2D eigenvalue weighted by Gasteiger charge is -2.02. The fourth-order valence-corrected chi connectivity index (χ4v) is 1.88. The molecule has 2 aromatic rings. The van der Waals surface area contributed by atoms with E-state index in [0.717, 1.165) is 17.9 Å². The molecule has 2 heterocycles. The third kappa shape index (κ3) is 1.95. The third-order valence-electron chi connectivity index (χ3n) is 2.68. The van der Waals surface area contributed by atoms with Crippen LogP contribution in [0.3, 0.4) is 0 Å². The van der Waals surface area contributed by atoms with Crippen LogP contribution in [0.1, 0.15) is 30.0 Å². The summed E-state index contributed by atoms with van der Waals surface area (Å²) in [5.74, 6) is 1.58. The van der Waals surface area contributed by atoms with Crippen molar-refractivity contribution >= 4 is 12.2 Å². The second-order valence-electron chi connectivity index (χ2n) is 3.77. The van der Waals surface area contributed by atoms with Crippen LogP contribution in [-0.2, 0) is 13.0 Å². The largest absolute Gasteiger partial charge is 0.444 e. The zero-order valence-electron chi connectivity index (χ0n) is 9.70. The standard InChI is InChI=1S/C11H15N3OS/c1-4-9-5-12-11(16)14(9)6-10-13-7(2)8(3)15-10/h5H,4,6H2,1-3H3,(H,12,16). The number of aromatic nitrogens is 3. The van der Waals surface area contributed by atoms with Gasteiger partial charge in [-0.05, 0) is 32.5 Å². The Labute approximate surface area is 99.3 Å². The van der Waals surface area contributed by atoms with Crippen molar-refractivity contribution in [2.45, 2.75) is 33.7 Å². The molecule has 1 N–H and O–H groups in total. The van der Waals surface area contributed by atoms with Gasteiger partial charge in [0.05, 0.1) is 5.69 Å². The van der Waals surface area contributed by atoms with Crippen molar-refractivity contribution in [1.29, 1.82) is 0 Å². The van der Waals surface area contributed by atoms with E-state index in [1.165, 1.54) is 5.69 Å². The molecule has 0 saturated heterocycles. The topological polar surface area (TPSA) is 46.8 Å². The summed E-state index contributed by atoms with van der Waals surface area (Å²) in [5.41, 5.74) is 2.11. The summed E-state index contributed by atoms with van der Waals surface area (Å²) in [4.78, 5) is 7.39. The van der Waals surface area contributed by atoms with Crippen LogP contribution in [-0.4, -0.2) is 14.5 Å². The number of oxazole rings is 1. The Balaban J connectivity index is 2.33. The van der Waals surface area contributed by atoms with Gasteiger partial charge in [-0.3, -0.25) is 0 Å². The van der Waals surface area contributed by atoms with E-state index in [4.69, 9.17) is 16.6 Å². The van der Waals surface area contributed by atoms with Crippen LogP contribution in [0.5, 0.6) is 0 Å². The first-order chi connectivity index (χ1) is 7.61. The van der Waals surface area contributed by atoms with E-state index in [-0.39, 0.29) is 0 Å². The average molecular weight is 237 g/mol. The van der Waals surface area contributed by atoms with Crippen LogP contribution in [0.25, 0.3) is 0 Å². The Morgan fingerprint density at radius 3 is 2.81 bits per heavy atom. The molecule has 0 aliphatic rings. The molecule has 0 saturated carbocycles. The van der Waals surface area contributed by atoms with Crippen molar-refractivity contribution in [1.82, 2.24) is 14.5 Å². The first kappa shape index (κ1) is 11.1. The number of rotatable bonds is 3. The number of H-pyrrole nitrogens is 1. The average Bonchev–Trinajstić information content (AvgIpc) is 2.74. The number of imidazole rings is 1. The molecule has 0 radical (unpaired) electrons. The lowest BCUT2D eigenvalue weighted by molar-refractivity contribution is 0.453. The van der Waals surface area contributed by atoms with Crippen molar-refractivity contribution in [3.05, 3.63) is 34.0 Å². The summed E-state index contributed by atoms with van der Waals surface area (Å²) in [6.45, 7) is 6.56. The Morgan fingerprint density at radius 2 is 2.25 bits per heavy atom. The van der Waals surface area contributed by atoms with Crippen LogP contribution in [0.2, 0.25) is 0 Å². The number of aromatic amines is 1. The molecule has 86 valence electrons. The minimum absolute atomic E-state index is 0.597. The SMILES string of the molecule is CCc1c[nH]c(=S)n1Cc1nc(C)c(C)o1. The Morgan fingerprint density at radius 1 is 1.50 bits per heavy atom. The van der Waals surface area contributed by atoms with Crippen LogP contribution >= 0.6 is 12.2 Å². The van der Waals surface area contributed by atoms with Crippen molar-refractivity contribution in [3.8, 4) is 0 Å². The zero-order valence-corrected chi connectivity index (χ0v) is 10.5. The Bertz CT molecular complexity index is 530. The molecule has 0 bridgehead atoms. The van der Waals surface area contributed by atoms with Gasteiger partial charge < -0.3 is 14.0 Å². The van der Waals surface area contributed by atoms with Crippen molar-refractivity contribution in [2.75, 3.05) is 0 Å². The van der Waals surface area contributed by atoms with Gasteiger partial charge in [0, 0.05) is 11.9 Å². The van der Waals surface area contributed by atoms with Crippen molar-refractivity contribution in [2.24, 2.45) is 0 Å². The molecule has 2 aromatic heterocycles. The number of hydrogen-bond acceptors (Lipinski definition) is 3. The fourth-order valence-electron chi connectivity index (χ4n) is 1.64. The minimum Gasteiger partial charge on any atom is -0.444 e. The van der Waals surface area contributed by atoms with E-state index in [2.05, 4.69) is 16.9 Å². The van der Waals surface area contributed by atoms with Crippen molar-refractivity contribution in [3.63, 3.8) is 0 Å². The first-order valence-corrected chi connectivity index (χ1v) is 5.72. The van der Waals surface area contributed by atoms with Gasteiger partial charge in [0.1, 0.15) is 12.3 Å². The smallest absolute Gasteiger partial charge is 0.214 e. The van der Waals surface area contributed by atoms with Gasteiger partial charge in [-0.15, -0.1) is 0 Å². The lowest BCUT2D eigenvalue weighted by atomic mass is 10.3. The van der Waals surface area contributed by atoms with E-state index in [1.54, 1.807) is 0 Å². The van der Waals surface area contributed by atoms with Gasteiger partial charge in [0.25, 0.3) is 0 Å². The molecule has 0 spiro atoms. The number of hydrogen-bond donors (Lipinski definition) is 1. The molecule has 0 unspecified atom stereocenters. The van der Waals surface area contributed by atoms with Gasteiger partial charge in [0.15, 0.2) is 4.77 Å². The van der Waals surface area contributed by atoms with Crippen molar-refractivity contribution < 1.29 is 4.42 Å². The van der Waals surface area contributed by atoms with E-state index in [1.807, 2.05) is 24.6 Å². The van der Waals surface area contributed by atoms with E-state index >= 15 is 0 Å². The summed E-state index contributed by atoms with van der Waals surface area (Å²) < 4.78 is 8.28. The zero-order chi connectivity index (χ0) is 11.7. The highest BCUT2D eigenvalue weighted by Gasteiger charge is 2.09. The number of aryl methyl sites for hydroxylation is 3. The third-order valence-corrected chi connectivity index (χ3v) is 3.02. The maximum atomic E-state index is 5.55. The molecule has 0 aliphatic carbocycles. The molecule has 16 heavy (non-hydrogen) atoms. The molecule has 5 heteroatoms. The maximum absolute atomic E-state index is 5.55. The van der Waals surface area contributed by atoms with E-state index < -0.39 is 0 Å². The highest BCUT2D eigenvalue weighted by Crippen LogP contribution is 2.12. The fraction of sp³-hybridized carbons (Fsp3) is 0.455. The van der Waals surface area contributed by atoms with E-state index in [9.17, 15) is 0 Å². The van der Waals surface area contributed by atoms with Crippen LogP contribution in [0.4, 0.5) is 0 Å². The van der Waals surface area contributed by atoms with Crippen LogP contribution in [0.15, 0.2) is 10.6 Å².